The van der Waals surface area contributed by atoms with Crippen LogP contribution in [-0.2, 0) is 11.2 Å². The molecule has 1 aliphatic heterocycles. The van der Waals surface area contributed by atoms with Crippen molar-refractivity contribution in [2.45, 2.75) is 38.8 Å². The van der Waals surface area contributed by atoms with Gasteiger partial charge < -0.3 is 15.2 Å². The van der Waals surface area contributed by atoms with Crippen LogP contribution in [0.5, 0.6) is 5.75 Å². The lowest BCUT2D eigenvalue weighted by atomic mass is 10.0. The van der Waals surface area contributed by atoms with Crippen molar-refractivity contribution in [3.8, 4) is 5.75 Å². The van der Waals surface area contributed by atoms with E-state index >= 15 is 0 Å². The fraction of sp³-hybridized carbons (Fsp3) is 0.533. The number of para-hydroxylation sites is 1. The SMILES string of the molecule is CC(C)CC(CO)NC(=O)C1Cc2ccccc2O1. The lowest BCUT2D eigenvalue weighted by molar-refractivity contribution is -0.128. The molecule has 1 aromatic carbocycles. The number of ether oxygens (including phenoxy) is 1. The summed E-state index contributed by atoms with van der Waals surface area (Å²) in [4.78, 5) is 12.1. The second-order valence-electron chi connectivity index (χ2n) is 5.44. The number of fused-ring (bicyclic) bond motifs is 1. The van der Waals surface area contributed by atoms with Gasteiger partial charge in [-0.1, -0.05) is 32.0 Å². The molecule has 2 rings (SSSR count). The summed E-state index contributed by atoms with van der Waals surface area (Å²) < 4.78 is 5.63. The van der Waals surface area contributed by atoms with Gasteiger partial charge in [-0.25, -0.2) is 0 Å². The Kier molecular flexibility index (Phi) is 4.43. The average molecular weight is 263 g/mol. The van der Waals surface area contributed by atoms with Gasteiger partial charge >= 0.3 is 0 Å². The first-order valence-electron chi connectivity index (χ1n) is 6.76. The zero-order valence-electron chi connectivity index (χ0n) is 11.4. The predicted molar refractivity (Wildman–Crippen MR) is 73.0 cm³/mol. The molecule has 0 fully saturated rings. The molecule has 0 aromatic heterocycles. The van der Waals surface area contributed by atoms with E-state index in [2.05, 4.69) is 19.2 Å². The molecule has 2 atom stereocenters. The van der Waals surface area contributed by atoms with Crippen LogP contribution >= 0.6 is 0 Å². The maximum absolute atomic E-state index is 12.1. The van der Waals surface area contributed by atoms with Crippen LogP contribution in [0.1, 0.15) is 25.8 Å². The Balaban J connectivity index is 1.92. The van der Waals surface area contributed by atoms with Crippen LogP contribution in [0.3, 0.4) is 0 Å². The second-order valence-corrected chi connectivity index (χ2v) is 5.44. The largest absolute Gasteiger partial charge is 0.480 e. The van der Waals surface area contributed by atoms with Gasteiger partial charge in [0.15, 0.2) is 6.10 Å². The highest BCUT2D eigenvalue weighted by atomic mass is 16.5. The van der Waals surface area contributed by atoms with E-state index in [0.717, 1.165) is 17.7 Å². The molecule has 0 bridgehead atoms. The Bertz CT molecular complexity index is 420. The maximum atomic E-state index is 12.1. The topological polar surface area (TPSA) is 58.6 Å². The molecule has 1 amide bonds. The van der Waals surface area contributed by atoms with Crippen molar-refractivity contribution < 1.29 is 14.6 Å². The van der Waals surface area contributed by atoms with Gasteiger partial charge in [-0.2, -0.15) is 0 Å². The Hall–Kier alpha value is -1.55. The van der Waals surface area contributed by atoms with Gasteiger partial charge in [0.2, 0.25) is 0 Å². The number of benzene rings is 1. The van der Waals surface area contributed by atoms with E-state index in [1.54, 1.807) is 0 Å². The van der Waals surface area contributed by atoms with Gasteiger partial charge in [-0.3, -0.25) is 4.79 Å². The Morgan fingerprint density at radius 1 is 1.47 bits per heavy atom. The summed E-state index contributed by atoms with van der Waals surface area (Å²) in [5, 5.41) is 12.1. The smallest absolute Gasteiger partial charge is 0.261 e. The molecule has 0 saturated heterocycles. The molecule has 1 heterocycles. The van der Waals surface area contributed by atoms with Crippen molar-refractivity contribution in [3.63, 3.8) is 0 Å². The quantitative estimate of drug-likeness (QED) is 0.846. The number of hydrogen-bond donors (Lipinski definition) is 2. The third-order valence-corrected chi connectivity index (χ3v) is 3.26. The second kappa shape index (κ2) is 6.06. The van der Waals surface area contributed by atoms with E-state index in [1.807, 2.05) is 24.3 Å². The van der Waals surface area contributed by atoms with Crippen LogP contribution in [0.4, 0.5) is 0 Å². The third kappa shape index (κ3) is 3.47. The van der Waals surface area contributed by atoms with Crippen LogP contribution < -0.4 is 10.1 Å². The van der Waals surface area contributed by atoms with Crippen LogP contribution in [0, 0.1) is 5.92 Å². The number of hydrogen-bond acceptors (Lipinski definition) is 3. The summed E-state index contributed by atoms with van der Waals surface area (Å²) >= 11 is 0. The summed E-state index contributed by atoms with van der Waals surface area (Å²) in [5.74, 6) is 1.07. The molecule has 4 nitrogen and oxygen atoms in total. The van der Waals surface area contributed by atoms with Gasteiger partial charge in [0, 0.05) is 6.42 Å². The summed E-state index contributed by atoms with van der Waals surface area (Å²) in [6, 6.07) is 7.49. The van der Waals surface area contributed by atoms with Crippen molar-refractivity contribution >= 4 is 5.91 Å². The highest BCUT2D eigenvalue weighted by molar-refractivity contribution is 5.82. The lowest BCUT2D eigenvalue weighted by Crippen LogP contribution is -2.45. The maximum Gasteiger partial charge on any atom is 0.261 e. The number of nitrogens with one attached hydrogen (secondary N) is 1. The first kappa shape index (κ1) is 13.9. The fourth-order valence-corrected chi connectivity index (χ4v) is 2.37. The van der Waals surface area contributed by atoms with E-state index in [-0.39, 0.29) is 18.6 Å². The number of amides is 1. The Morgan fingerprint density at radius 2 is 2.21 bits per heavy atom. The molecule has 4 heteroatoms. The minimum absolute atomic E-state index is 0.0381. The Morgan fingerprint density at radius 3 is 2.84 bits per heavy atom. The summed E-state index contributed by atoms with van der Waals surface area (Å²) in [6.45, 7) is 4.09. The minimum Gasteiger partial charge on any atom is -0.480 e. The van der Waals surface area contributed by atoms with Crippen LogP contribution in [0.15, 0.2) is 24.3 Å². The van der Waals surface area contributed by atoms with E-state index in [4.69, 9.17) is 4.74 Å². The molecule has 1 aromatic rings. The highest BCUT2D eigenvalue weighted by Crippen LogP contribution is 2.28. The van der Waals surface area contributed by atoms with Crippen molar-refractivity contribution in [2.24, 2.45) is 5.92 Å². The summed E-state index contributed by atoms with van der Waals surface area (Å²) in [7, 11) is 0. The van der Waals surface area contributed by atoms with E-state index in [9.17, 15) is 9.90 Å². The van der Waals surface area contributed by atoms with E-state index in [0.29, 0.717) is 12.3 Å². The predicted octanol–water partition coefficient (Wildman–Crippen LogP) is 1.51. The van der Waals surface area contributed by atoms with Crippen LogP contribution in [0.25, 0.3) is 0 Å². The van der Waals surface area contributed by atoms with E-state index in [1.165, 1.54) is 0 Å². The number of aliphatic hydroxyl groups is 1. The highest BCUT2D eigenvalue weighted by Gasteiger charge is 2.29. The van der Waals surface area contributed by atoms with Crippen molar-refractivity contribution in [2.75, 3.05) is 6.61 Å². The van der Waals surface area contributed by atoms with Crippen LogP contribution in [-0.4, -0.2) is 29.8 Å². The first-order valence-corrected chi connectivity index (χ1v) is 6.76. The van der Waals surface area contributed by atoms with Gasteiger partial charge in [0.1, 0.15) is 5.75 Å². The molecule has 0 spiro atoms. The van der Waals surface area contributed by atoms with Crippen LogP contribution in [0.2, 0.25) is 0 Å². The molecule has 0 aliphatic carbocycles. The van der Waals surface area contributed by atoms with Crippen molar-refractivity contribution in [1.29, 1.82) is 0 Å². The van der Waals surface area contributed by atoms with Gasteiger partial charge in [-0.05, 0) is 24.0 Å². The number of aliphatic hydroxyl groups excluding tert-OH is 1. The molecule has 2 N–H and O–H groups in total. The monoisotopic (exact) mass is 263 g/mol. The van der Waals surface area contributed by atoms with Crippen molar-refractivity contribution in [3.05, 3.63) is 29.8 Å². The summed E-state index contributed by atoms with van der Waals surface area (Å²) in [5.41, 5.74) is 1.06. The zero-order chi connectivity index (χ0) is 13.8. The number of rotatable bonds is 5. The molecule has 1 aliphatic rings. The first-order chi connectivity index (χ1) is 9.10. The molecule has 0 saturated carbocycles. The summed E-state index contributed by atoms with van der Waals surface area (Å²) in [6.07, 6.45) is 0.891. The van der Waals surface area contributed by atoms with Crippen molar-refractivity contribution in [1.82, 2.24) is 5.32 Å². The standard InChI is InChI=1S/C15H21NO3/c1-10(2)7-12(9-17)16-15(18)14-8-11-5-3-4-6-13(11)19-14/h3-6,10,12,14,17H,7-9H2,1-2H3,(H,16,18). The molecular formula is C15H21NO3. The molecule has 19 heavy (non-hydrogen) atoms. The molecule has 0 radical (unpaired) electrons. The van der Waals surface area contributed by atoms with Gasteiger partial charge in [0.25, 0.3) is 5.91 Å². The number of carbonyl (C=O) groups excluding carboxylic acids is 1. The fourth-order valence-electron chi connectivity index (χ4n) is 2.37. The average Bonchev–Trinajstić information content (AvgIpc) is 2.81. The lowest BCUT2D eigenvalue weighted by Gasteiger charge is -2.20. The normalized spacial score (nSPS) is 18.8. The molecule has 104 valence electrons. The minimum atomic E-state index is -0.474. The Labute approximate surface area is 113 Å². The zero-order valence-corrected chi connectivity index (χ0v) is 11.4. The number of carbonyl (C=O) groups is 1. The van der Waals surface area contributed by atoms with Gasteiger partial charge in [-0.15, -0.1) is 0 Å². The third-order valence-electron chi connectivity index (χ3n) is 3.26. The molecule has 2 unspecified atom stereocenters. The molecular weight excluding hydrogens is 242 g/mol. The van der Waals surface area contributed by atoms with Gasteiger partial charge in [0.05, 0.1) is 12.6 Å². The van der Waals surface area contributed by atoms with E-state index < -0.39 is 6.10 Å².